The molecule has 1 aromatic carbocycles. The molecule has 0 radical (unpaired) electrons. The number of halogens is 1. The van der Waals surface area contributed by atoms with Crippen LogP contribution in [-0.4, -0.2) is 17.3 Å². The number of fused-ring (bicyclic) bond motifs is 1. The van der Waals surface area contributed by atoms with E-state index in [9.17, 15) is 4.79 Å². The third-order valence-corrected chi connectivity index (χ3v) is 3.85. The van der Waals surface area contributed by atoms with E-state index in [1.54, 1.807) is 0 Å². The van der Waals surface area contributed by atoms with E-state index in [-0.39, 0.29) is 11.2 Å². The summed E-state index contributed by atoms with van der Waals surface area (Å²) in [5.41, 5.74) is 2.99. The third kappa shape index (κ3) is 4.00. The highest BCUT2D eigenvalue weighted by Crippen LogP contribution is 2.38. The van der Waals surface area contributed by atoms with Crippen molar-refractivity contribution in [3.05, 3.63) is 28.8 Å². The maximum absolute atomic E-state index is 12.5. The largest absolute Gasteiger partial charge is 0.493 e. The molecule has 0 aliphatic carbocycles. The fraction of sp³-hybridized carbons (Fsp3) is 0.611. The number of Topliss-reactive ketones (excluding diaryl/α,β-unsaturated/α-hetero) is 1. The smallest absolute Gasteiger partial charge is 0.164 e. The Morgan fingerprint density at radius 3 is 2.48 bits per heavy atom. The topological polar surface area (TPSA) is 26.3 Å². The van der Waals surface area contributed by atoms with Gasteiger partial charge in [0.2, 0.25) is 0 Å². The van der Waals surface area contributed by atoms with Gasteiger partial charge in [-0.3, -0.25) is 4.79 Å². The van der Waals surface area contributed by atoms with Gasteiger partial charge in [-0.25, -0.2) is 0 Å². The first-order valence-electron chi connectivity index (χ1n) is 7.60. The Morgan fingerprint density at radius 1 is 1.24 bits per heavy atom. The molecule has 21 heavy (non-hydrogen) atoms. The number of aryl methyl sites for hydroxylation is 1. The number of rotatable bonds is 3. The van der Waals surface area contributed by atoms with Crippen LogP contribution in [0.5, 0.6) is 5.75 Å². The number of ether oxygens (including phenoxy) is 1. The van der Waals surface area contributed by atoms with Gasteiger partial charge < -0.3 is 4.74 Å². The molecule has 1 aliphatic rings. The van der Waals surface area contributed by atoms with Crippen LogP contribution in [0, 0.1) is 0 Å². The minimum absolute atomic E-state index is 0.0474. The molecule has 0 bridgehead atoms. The molecule has 0 saturated carbocycles. The van der Waals surface area contributed by atoms with Crippen LogP contribution < -0.4 is 4.74 Å². The van der Waals surface area contributed by atoms with Crippen LogP contribution in [0.1, 0.15) is 68.9 Å². The fourth-order valence-corrected chi connectivity index (χ4v) is 2.81. The van der Waals surface area contributed by atoms with Crippen molar-refractivity contribution in [1.29, 1.82) is 0 Å². The Balaban J connectivity index is 2.47. The summed E-state index contributed by atoms with van der Waals surface area (Å²) >= 11 is 6.21. The standard InChI is InChI=1S/C18H25ClO2/c1-17(2,3)14-10-13(15(20)11-18(4,5)19)9-12-7-6-8-21-16(12)14/h9-10H,6-8,11H2,1-5H3. The highest BCUT2D eigenvalue weighted by molar-refractivity contribution is 6.25. The zero-order chi connectivity index (χ0) is 15.8. The second-order valence-corrected chi connectivity index (χ2v) is 8.56. The number of carbonyl (C=O) groups is 1. The maximum atomic E-state index is 12.5. The van der Waals surface area contributed by atoms with Gasteiger partial charge in [0.25, 0.3) is 0 Å². The Kier molecular flexibility index (Phi) is 4.39. The van der Waals surface area contributed by atoms with Crippen LogP contribution >= 0.6 is 11.6 Å². The predicted octanol–water partition coefficient (Wildman–Crippen LogP) is 4.90. The van der Waals surface area contributed by atoms with Gasteiger partial charge in [-0.15, -0.1) is 11.6 Å². The molecule has 3 heteroatoms. The van der Waals surface area contributed by atoms with Gasteiger partial charge >= 0.3 is 0 Å². The molecule has 0 amide bonds. The van der Waals surface area contributed by atoms with E-state index in [2.05, 4.69) is 20.8 Å². The normalized spacial score (nSPS) is 15.3. The highest BCUT2D eigenvalue weighted by Gasteiger charge is 2.27. The number of hydrogen-bond donors (Lipinski definition) is 0. The number of hydrogen-bond acceptors (Lipinski definition) is 2. The van der Waals surface area contributed by atoms with Crippen molar-refractivity contribution in [2.24, 2.45) is 0 Å². The van der Waals surface area contributed by atoms with Crippen LogP contribution in [-0.2, 0) is 11.8 Å². The van der Waals surface area contributed by atoms with Gasteiger partial charge in [0, 0.05) is 22.4 Å². The molecule has 0 unspecified atom stereocenters. The zero-order valence-electron chi connectivity index (χ0n) is 13.7. The number of ketones is 1. The van der Waals surface area contributed by atoms with E-state index < -0.39 is 4.87 Å². The lowest BCUT2D eigenvalue weighted by molar-refractivity contribution is 0.0972. The summed E-state index contributed by atoms with van der Waals surface area (Å²) in [4.78, 5) is 12.0. The van der Waals surface area contributed by atoms with Crippen molar-refractivity contribution < 1.29 is 9.53 Å². The summed E-state index contributed by atoms with van der Waals surface area (Å²) < 4.78 is 5.88. The minimum atomic E-state index is -0.509. The van der Waals surface area contributed by atoms with Gasteiger partial charge in [0.05, 0.1) is 6.61 Å². The molecule has 116 valence electrons. The van der Waals surface area contributed by atoms with Crippen LogP contribution in [0.4, 0.5) is 0 Å². The first-order chi connectivity index (χ1) is 9.58. The van der Waals surface area contributed by atoms with Gasteiger partial charge in [-0.2, -0.15) is 0 Å². The molecule has 1 aliphatic heterocycles. The molecule has 0 aromatic heterocycles. The Morgan fingerprint density at radius 2 is 1.90 bits per heavy atom. The number of alkyl halides is 1. The van der Waals surface area contributed by atoms with Crippen molar-refractivity contribution in [2.75, 3.05) is 6.61 Å². The monoisotopic (exact) mass is 308 g/mol. The zero-order valence-corrected chi connectivity index (χ0v) is 14.4. The molecule has 0 atom stereocenters. The quantitative estimate of drug-likeness (QED) is 0.586. The van der Waals surface area contributed by atoms with Gasteiger partial charge in [-0.1, -0.05) is 20.8 Å². The second-order valence-electron chi connectivity index (χ2n) is 7.53. The molecular weight excluding hydrogens is 284 g/mol. The predicted molar refractivity (Wildman–Crippen MR) is 87.8 cm³/mol. The average molecular weight is 309 g/mol. The molecule has 0 saturated heterocycles. The number of carbonyl (C=O) groups excluding carboxylic acids is 1. The Bertz CT molecular complexity index is 548. The van der Waals surface area contributed by atoms with E-state index in [0.29, 0.717) is 6.42 Å². The molecule has 1 heterocycles. The van der Waals surface area contributed by atoms with E-state index in [1.165, 1.54) is 0 Å². The van der Waals surface area contributed by atoms with Crippen molar-refractivity contribution in [3.8, 4) is 5.75 Å². The lowest BCUT2D eigenvalue weighted by atomic mass is 9.82. The summed E-state index contributed by atoms with van der Waals surface area (Å²) in [7, 11) is 0. The van der Waals surface area contributed by atoms with Crippen molar-refractivity contribution in [3.63, 3.8) is 0 Å². The summed E-state index contributed by atoms with van der Waals surface area (Å²) in [5, 5.41) is 0. The Labute approximate surface area is 132 Å². The van der Waals surface area contributed by atoms with Gasteiger partial charge in [0.1, 0.15) is 5.75 Å². The Hall–Kier alpha value is -1.02. The third-order valence-electron chi connectivity index (χ3n) is 3.71. The van der Waals surface area contributed by atoms with Crippen LogP contribution in [0.3, 0.4) is 0 Å². The summed E-state index contributed by atoms with van der Waals surface area (Å²) in [6.45, 7) is 11.0. The first kappa shape index (κ1) is 16.4. The summed E-state index contributed by atoms with van der Waals surface area (Å²) in [6.07, 6.45) is 2.33. The highest BCUT2D eigenvalue weighted by atomic mass is 35.5. The SMILES string of the molecule is CC(C)(Cl)CC(=O)c1cc2c(c(C(C)(C)C)c1)OCCC2. The van der Waals surface area contributed by atoms with Crippen LogP contribution in [0.2, 0.25) is 0 Å². The van der Waals surface area contributed by atoms with Crippen LogP contribution in [0.15, 0.2) is 12.1 Å². The first-order valence-corrected chi connectivity index (χ1v) is 7.98. The molecule has 2 nitrogen and oxygen atoms in total. The molecule has 0 N–H and O–H groups in total. The van der Waals surface area contributed by atoms with Gasteiger partial charge in [0.15, 0.2) is 5.78 Å². The van der Waals surface area contributed by atoms with Gasteiger partial charge in [-0.05, 0) is 49.8 Å². The molecule has 1 aromatic rings. The molecule has 0 fully saturated rings. The van der Waals surface area contributed by atoms with E-state index >= 15 is 0 Å². The van der Waals surface area contributed by atoms with Crippen molar-refractivity contribution >= 4 is 17.4 Å². The van der Waals surface area contributed by atoms with Crippen molar-refractivity contribution in [1.82, 2.24) is 0 Å². The van der Waals surface area contributed by atoms with E-state index in [0.717, 1.165) is 41.9 Å². The average Bonchev–Trinajstić information content (AvgIpc) is 2.34. The molecule has 2 rings (SSSR count). The second kappa shape index (κ2) is 5.64. The van der Waals surface area contributed by atoms with Crippen LogP contribution in [0.25, 0.3) is 0 Å². The minimum Gasteiger partial charge on any atom is -0.493 e. The van der Waals surface area contributed by atoms with Crippen molar-refractivity contribution in [2.45, 2.75) is 64.2 Å². The molecular formula is C18H25ClO2. The van der Waals surface area contributed by atoms with E-state index in [4.69, 9.17) is 16.3 Å². The lowest BCUT2D eigenvalue weighted by Crippen LogP contribution is -2.21. The summed E-state index contributed by atoms with van der Waals surface area (Å²) in [6, 6.07) is 3.99. The fourth-order valence-electron chi connectivity index (χ4n) is 2.68. The summed E-state index contributed by atoms with van der Waals surface area (Å²) in [5.74, 6) is 1.09. The van der Waals surface area contributed by atoms with E-state index in [1.807, 2.05) is 26.0 Å². The maximum Gasteiger partial charge on any atom is 0.164 e. The molecule has 0 spiro atoms. The number of benzene rings is 1. The lowest BCUT2D eigenvalue weighted by Gasteiger charge is -2.28.